The number of benzene rings is 4. The number of para-hydroxylation sites is 1. The summed E-state index contributed by atoms with van der Waals surface area (Å²) in [7, 11) is 1.24. The van der Waals surface area contributed by atoms with E-state index in [0.29, 0.717) is 28.0 Å². The number of ketones is 1. The van der Waals surface area contributed by atoms with Crippen molar-refractivity contribution < 1.29 is 23.1 Å². The SMILES string of the molecule is COC(=O)C(CC=C(c1ccccc1)c1ccc(F)cc1F)=Nc1ccccc1C(=O)c1ccccc1. The first-order valence-electron chi connectivity index (χ1n) is 11.5. The van der Waals surface area contributed by atoms with Gasteiger partial charge in [0.15, 0.2) is 5.78 Å². The lowest BCUT2D eigenvalue weighted by molar-refractivity contribution is -0.132. The van der Waals surface area contributed by atoms with Crippen molar-refractivity contribution in [2.45, 2.75) is 6.42 Å². The summed E-state index contributed by atoms with van der Waals surface area (Å²) < 4.78 is 33.3. The number of ether oxygens (including phenoxy) is 1. The molecule has 0 N–H and O–H groups in total. The van der Waals surface area contributed by atoms with Crippen molar-refractivity contribution in [1.29, 1.82) is 0 Å². The fraction of sp³-hybridized carbons (Fsp3) is 0.0645. The molecule has 6 heteroatoms. The van der Waals surface area contributed by atoms with Crippen LogP contribution < -0.4 is 0 Å². The summed E-state index contributed by atoms with van der Waals surface area (Å²) in [5.41, 5.74) is 2.46. The maximum Gasteiger partial charge on any atom is 0.352 e. The zero-order valence-electron chi connectivity index (χ0n) is 20.0. The van der Waals surface area contributed by atoms with Crippen LogP contribution in [0.1, 0.15) is 33.5 Å². The summed E-state index contributed by atoms with van der Waals surface area (Å²) in [6.07, 6.45) is 1.62. The topological polar surface area (TPSA) is 55.7 Å². The van der Waals surface area contributed by atoms with Crippen LogP contribution in [0.4, 0.5) is 14.5 Å². The number of hydrogen-bond donors (Lipinski definition) is 0. The normalized spacial score (nSPS) is 11.8. The number of carbonyl (C=O) groups excluding carboxylic acids is 2. The Morgan fingerprint density at radius 1 is 0.784 bits per heavy atom. The van der Waals surface area contributed by atoms with Gasteiger partial charge < -0.3 is 4.74 Å². The average Bonchev–Trinajstić information content (AvgIpc) is 2.94. The van der Waals surface area contributed by atoms with E-state index < -0.39 is 17.6 Å². The van der Waals surface area contributed by atoms with Gasteiger partial charge in [0.1, 0.15) is 17.3 Å². The molecule has 184 valence electrons. The first-order valence-corrected chi connectivity index (χ1v) is 11.5. The molecule has 37 heavy (non-hydrogen) atoms. The monoisotopic (exact) mass is 495 g/mol. The predicted octanol–water partition coefficient (Wildman–Crippen LogP) is 6.96. The van der Waals surface area contributed by atoms with Crippen molar-refractivity contribution in [2.75, 3.05) is 7.11 Å². The molecule has 0 fully saturated rings. The van der Waals surface area contributed by atoms with Crippen LogP contribution in [0, 0.1) is 11.6 Å². The minimum Gasteiger partial charge on any atom is -0.465 e. The van der Waals surface area contributed by atoms with Crippen LogP contribution in [0.2, 0.25) is 0 Å². The molecule has 0 aromatic heterocycles. The zero-order chi connectivity index (χ0) is 26.2. The van der Waals surface area contributed by atoms with Crippen LogP contribution in [0.15, 0.2) is 114 Å². The Kier molecular flexibility index (Phi) is 8.11. The van der Waals surface area contributed by atoms with Crippen LogP contribution in [0.5, 0.6) is 0 Å². The Morgan fingerprint density at radius 2 is 1.41 bits per heavy atom. The van der Waals surface area contributed by atoms with Gasteiger partial charge in [-0.25, -0.2) is 18.6 Å². The zero-order valence-corrected chi connectivity index (χ0v) is 20.0. The summed E-state index contributed by atoms with van der Waals surface area (Å²) in [5.74, 6) is -2.35. The van der Waals surface area contributed by atoms with Gasteiger partial charge in [0.25, 0.3) is 0 Å². The molecule has 0 heterocycles. The van der Waals surface area contributed by atoms with Crippen LogP contribution in [0.3, 0.4) is 0 Å². The van der Waals surface area contributed by atoms with E-state index in [-0.39, 0.29) is 23.5 Å². The number of aliphatic imine (C=N–C) groups is 1. The highest BCUT2D eigenvalue weighted by atomic mass is 19.1. The molecule has 0 amide bonds. The lowest BCUT2D eigenvalue weighted by Gasteiger charge is -2.11. The van der Waals surface area contributed by atoms with Gasteiger partial charge in [0.05, 0.1) is 12.8 Å². The van der Waals surface area contributed by atoms with Gasteiger partial charge in [-0.05, 0) is 35.4 Å². The van der Waals surface area contributed by atoms with Gasteiger partial charge in [-0.15, -0.1) is 0 Å². The Balaban J connectivity index is 1.78. The molecule has 0 radical (unpaired) electrons. The standard InChI is InChI=1S/C31H23F2NO3/c1-37-31(36)29(34-28-15-9-8-14-26(28)30(35)22-12-6-3-7-13-22)19-18-24(21-10-4-2-5-11-21)25-17-16-23(32)20-27(25)33/h2-18,20H,19H2,1H3. The van der Waals surface area contributed by atoms with Crippen molar-refractivity contribution >= 4 is 28.7 Å². The van der Waals surface area contributed by atoms with Crippen LogP contribution in [0.25, 0.3) is 5.57 Å². The van der Waals surface area contributed by atoms with Gasteiger partial charge >= 0.3 is 5.97 Å². The van der Waals surface area contributed by atoms with E-state index in [4.69, 9.17) is 4.74 Å². The minimum absolute atomic E-state index is 0.0202. The van der Waals surface area contributed by atoms with Crippen molar-refractivity contribution in [3.63, 3.8) is 0 Å². The predicted molar refractivity (Wildman–Crippen MR) is 140 cm³/mol. The second-order valence-corrected chi connectivity index (χ2v) is 8.07. The number of rotatable bonds is 8. The van der Waals surface area contributed by atoms with Gasteiger partial charge in [-0.2, -0.15) is 0 Å². The lowest BCUT2D eigenvalue weighted by Crippen LogP contribution is -2.15. The quantitative estimate of drug-likeness (QED) is 0.151. The Labute approximate surface area is 213 Å². The first kappa shape index (κ1) is 25.4. The van der Waals surface area contributed by atoms with Crippen molar-refractivity contribution in [1.82, 2.24) is 0 Å². The molecule has 4 aromatic carbocycles. The number of hydrogen-bond acceptors (Lipinski definition) is 4. The number of allylic oxidation sites excluding steroid dienone is 1. The molecule has 0 saturated heterocycles. The molecule has 0 aliphatic carbocycles. The maximum atomic E-state index is 14.7. The molecular formula is C31H23F2NO3. The van der Waals surface area contributed by atoms with E-state index in [1.54, 1.807) is 78.9 Å². The van der Waals surface area contributed by atoms with Crippen molar-refractivity contribution in [2.24, 2.45) is 4.99 Å². The van der Waals surface area contributed by atoms with Gasteiger partial charge in [0, 0.05) is 29.2 Å². The molecule has 0 unspecified atom stereocenters. The molecule has 0 saturated carbocycles. The fourth-order valence-electron chi connectivity index (χ4n) is 3.85. The van der Waals surface area contributed by atoms with Crippen LogP contribution in [-0.4, -0.2) is 24.6 Å². The molecule has 4 aromatic rings. The number of esters is 1. The van der Waals surface area contributed by atoms with Crippen molar-refractivity contribution in [3.8, 4) is 0 Å². The summed E-state index contributed by atoms with van der Waals surface area (Å²) in [5, 5.41) is 0. The van der Waals surface area contributed by atoms with E-state index in [1.165, 1.54) is 19.2 Å². The third kappa shape index (κ3) is 6.11. The highest BCUT2D eigenvalue weighted by Gasteiger charge is 2.18. The molecule has 4 rings (SSSR count). The minimum atomic E-state index is -0.731. The van der Waals surface area contributed by atoms with Crippen LogP contribution >= 0.6 is 0 Å². The molecular weight excluding hydrogens is 472 g/mol. The smallest absolute Gasteiger partial charge is 0.352 e. The molecule has 0 atom stereocenters. The maximum absolute atomic E-state index is 14.7. The van der Waals surface area contributed by atoms with Crippen molar-refractivity contribution in [3.05, 3.63) is 143 Å². The number of carbonyl (C=O) groups is 2. The molecule has 0 aliphatic heterocycles. The Bertz CT molecular complexity index is 1480. The van der Waals surface area contributed by atoms with E-state index in [1.807, 2.05) is 12.1 Å². The average molecular weight is 496 g/mol. The van der Waals surface area contributed by atoms with Gasteiger partial charge in [0.2, 0.25) is 0 Å². The van der Waals surface area contributed by atoms with E-state index in [9.17, 15) is 18.4 Å². The molecule has 0 spiro atoms. The summed E-state index contributed by atoms with van der Waals surface area (Å²) >= 11 is 0. The molecule has 0 bridgehead atoms. The fourth-order valence-corrected chi connectivity index (χ4v) is 3.85. The summed E-state index contributed by atoms with van der Waals surface area (Å²) in [4.78, 5) is 30.3. The van der Waals surface area contributed by atoms with E-state index in [0.717, 1.165) is 6.07 Å². The highest BCUT2D eigenvalue weighted by molar-refractivity contribution is 6.37. The molecule has 4 nitrogen and oxygen atoms in total. The Hall–Kier alpha value is -4.71. The third-order valence-electron chi connectivity index (χ3n) is 5.67. The largest absolute Gasteiger partial charge is 0.465 e. The first-order chi connectivity index (χ1) is 18.0. The van der Waals surface area contributed by atoms with E-state index in [2.05, 4.69) is 4.99 Å². The number of nitrogens with zero attached hydrogens (tertiary/aromatic N) is 1. The number of halogens is 2. The summed E-state index contributed by atoms with van der Waals surface area (Å²) in [6.45, 7) is 0. The Morgan fingerprint density at radius 3 is 2.05 bits per heavy atom. The van der Waals surface area contributed by atoms with Gasteiger partial charge in [-0.1, -0.05) is 78.9 Å². The summed E-state index contributed by atoms with van der Waals surface area (Å²) in [6, 6.07) is 27.8. The van der Waals surface area contributed by atoms with Crippen LogP contribution in [-0.2, 0) is 9.53 Å². The lowest BCUT2D eigenvalue weighted by atomic mass is 9.95. The number of methoxy groups -OCH3 is 1. The molecule has 0 aliphatic rings. The van der Waals surface area contributed by atoms with Gasteiger partial charge in [-0.3, -0.25) is 4.79 Å². The second-order valence-electron chi connectivity index (χ2n) is 8.07. The third-order valence-corrected chi connectivity index (χ3v) is 5.67. The van der Waals surface area contributed by atoms with E-state index >= 15 is 0 Å². The second kappa shape index (κ2) is 11.8. The highest BCUT2D eigenvalue weighted by Crippen LogP contribution is 2.28.